The molecule has 2 aromatic carbocycles. The van der Waals surface area contributed by atoms with Gasteiger partial charge >= 0.3 is 0 Å². The van der Waals surface area contributed by atoms with E-state index in [0.29, 0.717) is 16.4 Å². The largest absolute Gasteiger partial charge is 0.326 e. The van der Waals surface area contributed by atoms with Crippen molar-refractivity contribution < 1.29 is 13.2 Å². The quantitative estimate of drug-likeness (QED) is 0.829. The zero-order valence-electron chi connectivity index (χ0n) is 14.4. The molecule has 0 saturated heterocycles. The lowest BCUT2D eigenvalue weighted by molar-refractivity contribution is -0.116. The van der Waals surface area contributed by atoms with Crippen LogP contribution in [0.1, 0.15) is 17.5 Å². The van der Waals surface area contributed by atoms with Crippen LogP contribution < -0.4 is 9.62 Å². The van der Waals surface area contributed by atoms with Crippen LogP contribution in [0.4, 0.5) is 11.4 Å². The van der Waals surface area contributed by atoms with Crippen LogP contribution >= 0.6 is 11.6 Å². The van der Waals surface area contributed by atoms with Crippen molar-refractivity contribution in [1.82, 2.24) is 0 Å². The summed E-state index contributed by atoms with van der Waals surface area (Å²) in [6.45, 7) is 3.87. The van der Waals surface area contributed by atoms with Gasteiger partial charge in [0.05, 0.1) is 11.9 Å². The Morgan fingerprint density at radius 3 is 2.32 bits per heavy atom. The number of carbonyl (C=O) groups excluding carboxylic acids is 1. The molecule has 7 heteroatoms. The van der Waals surface area contributed by atoms with Gasteiger partial charge in [0.2, 0.25) is 15.9 Å². The number of hydrogen-bond donors (Lipinski definition) is 1. The summed E-state index contributed by atoms with van der Waals surface area (Å²) in [5.41, 5.74) is 3.11. The van der Waals surface area contributed by atoms with Crippen LogP contribution in [0.15, 0.2) is 42.5 Å². The zero-order chi connectivity index (χ0) is 18.6. The number of nitrogens with one attached hydrogen (secondary N) is 1. The predicted octanol–water partition coefficient (Wildman–Crippen LogP) is 3.75. The topological polar surface area (TPSA) is 66.5 Å². The fraction of sp³-hybridized carbons (Fsp3) is 0.278. The molecule has 1 N–H and O–H groups in total. The van der Waals surface area contributed by atoms with Crippen LogP contribution in [0.3, 0.4) is 0 Å². The van der Waals surface area contributed by atoms with E-state index in [2.05, 4.69) is 5.32 Å². The third kappa shape index (κ3) is 5.47. The summed E-state index contributed by atoms with van der Waals surface area (Å²) in [6, 6.07) is 12.3. The van der Waals surface area contributed by atoms with Crippen LogP contribution in [-0.4, -0.2) is 27.1 Å². The maximum Gasteiger partial charge on any atom is 0.232 e. The molecule has 0 unspecified atom stereocenters. The highest BCUT2D eigenvalue weighted by Crippen LogP contribution is 2.24. The molecule has 2 aromatic rings. The first kappa shape index (κ1) is 19.3. The Morgan fingerprint density at radius 2 is 1.76 bits per heavy atom. The lowest BCUT2D eigenvalue weighted by atomic mass is 10.1. The van der Waals surface area contributed by atoms with Gasteiger partial charge in [-0.15, -0.1) is 0 Å². The van der Waals surface area contributed by atoms with Gasteiger partial charge in [0.1, 0.15) is 0 Å². The second kappa shape index (κ2) is 7.89. The third-order valence-electron chi connectivity index (χ3n) is 3.69. The molecule has 0 aliphatic heterocycles. The number of amides is 1. The van der Waals surface area contributed by atoms with Crippen molar-refractivity contribution in [2.24, 2.45) is 0 Å². The Morgan fingerprint density at radius 1 is 1.12 bits per heavy atom. The molecule has 0 aliphatic carbocycles. The van der Waals surface area contributed by atoms with Gasteiger partial charge in [-0.2, -0.15) is 0 Å². The molecule has 0 bridgehead atoms. The van der Waals surface area contributed by atoms with E-state index in [1.54, 1.807) is 30.3 Å². The van der Waals surface area contributed by atoms with E-state index in [1.807, 2.05) is 26.0 Å². The van der Waals surface area contributed by atoms with E-state index in [1.165, 1.54) is 4.31 Å². The monoisotopic (exact) mass is 380 g/mol. The van der Waals surface area contributed by atoms with Gasteiger partial charge in [0, 0.05) is 23.7 Å². The van der Waals surface area contributed by atoms with E-state index in [0.717, 1.165) is 17.4 Å². The molecule has 0 aromatic heterocycles. The summed E-state index contributed by atoms with van der Waals surface area (Å²) in [5, 5.41) is 3.31. The minimum atomic E-state index is -3.49. The average Bonchev–Trinajstić information content (AvgIpc) is 2.50. The maximum atomic E-state index is 12.2. The normalized spacial score (nSPS) is 11.2. The first-order valence-electron chi connectivity index (χ1n) is 7.77. The minimum absolute atomic E-state index is 0.0447. The summed E-state index contributed by atoms with van der Waals surface area (Å²) in [5.74, 6) is -0.263. The standard InChI is InChI=1S/C18H21ClN2O3S/c1-13-4-9-17(14(2)12-13)21(25(3,23)24)11-10-18(22)20-16-7-5-15(19)6-8-16/h4-9,12H,10-11H2,1-3H3,(H,20,22). The highest BCUT2D eigenvalue weighted by Gasteiger charge is 2.20. The van der Waals surface area contributed by atoms with Crippen molar-refractivity contribution in [3.05, 3.63) is 58.6 Å². The molecule has 0 fully saturated rings. The molecule has 134 valence electrons. The van der Waals surface area contributed by atoms with Gasteiger partial charge in [0.25, 0.3) is 0 Å². The fourth-order valence-electron chi connectivity index (χ4n) is 2.51. The van der Waals surface area contributed by atoms with Gasteiger partial charge in [-0.25, -0.2) is 8.42 Å². The molecule has 5 nitrogen and oxygen atoms in total. The van der Waals surface area contributed by atoms with E-state index in [4.69, 9.17) is 11.6 Å². The lowest BCUT2D eigenvalue weighted by Crippen LogP contribution is -2.33. The Bertz CT molecular complexity index is 864. The van der Waals surface area contributed by atoms with Crippen LogP contribution in [0.25, 0.3) is 0 Å². The Balaban J connectivity index is 2.10. The number of hydrogen-bond acceptors (Lipinski definition) is 3. The van der Waals surface area contributed by atoms with Crippen molar-refractivity contribution in [3.63, 3.8) is 0 Å². The predicted molar refractivity (Wildman–Crippen MR) is 103 cm³/mol. The number of anilines is 2. The summed E-state index contributed by atoms with van der Waals surface area (Å²) in [4.78, 5) is 12.1. The number of halogens is 1. The third-order valence-corrected chi connectivity index (χ3v) is 5.12. The van der Waals surface area contributed by atoms with Crippen LogP contribution in [0, 0.1) is 13.8 Å². The van der Waals surface area contributed by atoms with Crippen molar-refractivity contribution >= 4 is 38.9 Å². The summed E-state index contributed by atoms with van der Waals surface area (Å²) < 4.78 is 25.6. The SMILES string of the molecule is Cc1ccc(N(CCC(=O)Nc2ccc(Cl)cc2)S(C)(=O)=O)c(C)c1. The molecule has 2 rings (SSSR count). The van der Waals surface area contributed by atoms with E-state index < -0.39 is 10.0 Å². The molecule has 0 saturated carbocycles. The highest BCUT2D eigenvalue weighted by molar-refractivity contribution is 7.92. The van der Waals surface area contributed by atoms with Crippen molar-refractivity contribution in [2.75, 3.05) is 22.4 Å². The van der Waals surface area contributed by atoms with Crippen molar-refractivity contribution in [1.29, 1.82) is 0 Å². The fourth-order valence-corrected chi connectivity index (χ4v) is 3.62. The second-order valence-electron chi connectivity index (χ2n) is 5.93. The molecule has 0 atom stereocenters. The number of aryl methyl sites for hydroxylation is 2. The number of nitrogens with zero attached hydrogens (tertiary/aromatic N) is 1. The van der Waals surface area contributed by atoms with Gasteiger partial charge < -0.3 is 5.32 Å². The van der Waals surface area contributed by atoms with Gasteiger partial charge in [-0.05, 0) is 49.7 Å². The first-order chi connectivity index (χ1) is 11.7. The molecule has 0 spiro atoms. The highest BCUT2D eigenvalue weighted by atomic mass is 35.5. The van der Waals surface area contributed by atoms with Crippen molar-refractivity contribution in [3.8, 4) is 0 Å². The number of benzene rings is 2. The minimum Gasteiger partial charge on any atom is -0.326 e. The van der Waals surface area contributed by atoms with E-state index >= 15 is 0 Å². The molecule has 0 aliphatic rings. The van der Waals surface area contributed by atoms with Crippen LogP contribution in [-0.2, 0) is 14.8 Å². The van der Waals surface area contributed by atoms with Gasteiger partial charge in [-0.1, -0.05) is 29.3 Å². The Kier molecular flexibility index (Phi) is 6.08. The Hall–Kier alpha value is -2.05. The molecular formula is C18H21ClN2O3S. The lowest BCUT2D eigenvalue weighted by Gasteiger charge is -2.24. The van der Waals surface area contributed by atoms with E-state index in [-0.39, 0.29) is 18.9 Å². The number of sulfonamides is 1. The molecule has 0 heterocycles. The molecule has 1 amide bonds. The van der Waals surface area contributed by atoms with Crippen molar-refractivity contribution in [2.45, 2.75) is 20.3 Å². The van der Waals surface area contributed by atoms with Gasteiger partial charge in [-0.3, -0.25) is 9.10 Å². The smallest absolute Gasteiger partial charge is 0.232 e. The molecule has 0 radical (unpaired) electrons. The first-order valence-corrected chi connectivity index (χ1v) is 10.00. The number of carbonyl (C=O) groups is 1. The second-order valence-corrected chi connectivity index (χ2v) is 8.27. The molecule has 25 heavy (non-hydrogen) atoms. The van der Waals surface area contributed by atoms with E-state index in [9.17, 15) is 13.2 Å². The summed E-state index contributed by atoms with van der Waals surface area (Å²) in [7, 11) is -3.49. The van der Waals surface area contributed by atoms with Crippen LogP contribution in [0.5, 0.6) is 0 Å². The average molecular weight is 381 g/mol. The zero-order valence-corrected chi connectivity index (χ0v) is 16.0. The number of rotatable bonds is 6. The maximum absolute atomic E-state index is 12.2. The summed E-state index contributed by atoms with van der Waals surface area (Å²) >= 11 is 5.81. The Labute approximate surface area is 153 Å². The van der Waals surface area contributed by atoms with Gasteiger partial charge in [0.15, 0.2) is 0 Å². The summed E-state index contributed by atoms with van der Waals surface area (Å²) in [6.07, 6.45) is 1.19. The van der Waals surface area contributed by atoms with Crippen LogP contribution in [0.2, 0.25) is 5.02 Å². The molecular weight excluding hydrogens is 360 g/mol.